The molecule has 2 aliphatic carbocycles. The lowest BCUT2D eigenvalue weighted by Crippen LogP contribution is -2.52. The van der Waals surface area contributed by atoms with E-state index in [9.17, 15) is 0 Å². The second kappa shape index (κ2) is 4.45. The van der Waals surface area contributed by atoms with E-state index in [-0.39, 0.29) is 0 Å². The third-order valence-corrected chi connectivity index (χ3v) is 4.82. The molecule has 0 amide bonds. The molecule has 0 aliphatic heterocycles. The Labute approximate surface area is 105 Å². The van der Waals surface area contributed by atoms with Crippen LogP contribution < -0.4 is 5.32 Å². The summed E-state index contributed by atoms with van der Waals surface area (Å²) >= 11 is 0. The van der Waals surface area contributed by atoms with Crippen LogP contribution in [0.15, 0.2) is 24.3 Å². The third-order valence-electron chi connectivity index (χ3n) is 4.82. The molecule has 0 bridgehead atoms. The van der Waals surface area contributed by atoms with Crippen molar-refractivity contribution in [3.63, 3.8) is 0 Å². The maximum Gasteiger partial charge on any atom is 0.0465 e. The van der Waals surface area contributed by atoms with Gasteiger partial charge in [0.2, 0.25) is 0 Å². The van der Waals surface area contributed by atoms with Crippen molar-refractivity contribution in [2.24, 2.45) is 5.92 Å². The number of rotatable bonds is 2. The van der Waals surface area contributed by atoms with Crippen molar-refractivity contribution in [3.8, 4) is 0 Å². The van der Waals surface area contributed by atoms with Crippen LogP contribution in [-0.2, 0) is 12.0 Å². The van der Waals surface area contributed by atoms with Crippen molar-refractivity contribution < 1.29 is 0 Å². The molecule has 1 N–H and O–H groups in total. The Bertz CT molecular complexity index is 394. The quantitative estimate of drug-likeness (QED) is 0.816. The predicted octanol–water partition coefficient (Wildman–Crippen LogP) is 3.63. The molecule has 1 saturated carbocycles. The average Bonchev–Trinajstić information content (AvgIpc) is 2.39. The molecule has 1 nitrogen and oxygen atoms in total. The van der Waals surface area contributed by atoms with Crippen molar-refractivity contribution >= 4 is 0 Å². The van der Waals surface area contributed by atoms with Gasteiger partial charge in [0.1, 0.15) is 0 Å². The van der Waals surface area contributed by atoms with E-state index in [1.165, 1.54) is 38.5 Å². The minimum absolute atomic E-state index is 0.307. The fourth-order valence-corrected chi connectivity index (χ4v) is 4.14. The van der Waals surface area contributed by atoms with Crippen molar-refractivity contribution in [2.45, 2.75) is 51.0 Å². The van der Waals surface area contributed by atoms with Gasteiger partial charge in [-0.1, -0.05) is 44.0 Å². The van der Waals surface area contributed by atoms with Gasteiger partial charge in [0.25, 0.3) is 0 Å². The van der Waals surface area contributed by atoms with E-state index in [0.29, 0.717) is 5.54 Å². The highest BCUT2D eigenvalue weighted by Crippen LogP contribution is 2.48. The molecule has 1 aromatic carbocycles. The van der Waals surface area contributed by atoms with E-state index >= 15 is 0 Å². The molecule has 0 radical (unpaired) electrons. The third kappa shape index (κ3) is 1.72. The van der Waals surface area contributed by atoms with Crippen LogP contribution in [0.1, 0.15) is 50.2 Å². The summed E-state index contributed by atoms with van der Waals surface area (Å²) < 4.78 is 0. The van der Waals surface area contributed by atoms with Crippen LogP contribution in [0, 0.1) is 5.92 Å². The Morgan fingerprint density at radius 1 is 1.24 bits per heavy atom. The minimum atomic E-state index is 0.307. The Morgan fingerprint density at radius 2 is 2.12 bits per heavy atom. The number of nitrogens with one attached hydrogen (secondary N) is 1. The summed E-state index contributed by atoms with van der Waals surface area (Å²) in [7, 11) is 0. The van der Waals surface area contributed by atoms with Crippen LogP contribution >= 0.6 is 0 Å². The van der Waals surface area contributed by atoms with Crippen molar-refractivity contribution in [1.29, 1.82) is 0 Å². The molecular formula is C16H23N. The van der Waals surface area contributed by atoms with Crippen LogP contribution in [0.2, 0.25) is 0 Å². The first-order chi connectivity index (χ1) is 8.37. The number of hydrogen-bond donors (Lipinski definition) is 1. The molecule has 1 aromatic rings. The first-order valence-electron chi connectivity index (χ1n) is 7.20. The molecule has 0 heterocycles. The second-order valence-electron chi connectivity index (χ2n) is 5.64. The second-order valence-corrected chi connectivity index (χ2v) is 5.64. The molecule has 2 atom stereocenters. The van der Waals surface area contributed by atoms with Gasteiger partial charge in [0.05, 0.1) is 0 Å². The highest BCUT2D eigenvalue weighted by Gasteiger charge is 2.44. The van der Waals surface area contributed by atoms with Gasteiger partial charge < -0.3 is 5.32 Å². The molecule has 3 rings (SSSR count). The first-order valence-corrected chi connectivity index (χ1v) is 7.20. The van der Waals surface area contributed by atoms with Crippen LogP contribution in [0.4, 0.5) is 0 Å². The average molecular weight is 229 g/mol. The van der Waals surface area contributed by atoms with Gasteiger partial charge in [-0.15, -0.1) is 0 Å². The van der Waals surface area contributed by atoms with E-state index in [2.05, 4.69) is 36.5 Å². The zero-order chi connectivity index (χ0) is 11.7. The lowest BCUT2D eigenvalue weighted by molar-refractivity contribution is 0.122. The molecule has 0 spiro atoms. The Morgan fingerprint density at radius 3 is 3.00 bits per heavy atom. The van der Waals surface area contributed by atoms with E-state index < -0.39 is 0 Å². The maximum absolute atomic E-state index is 3.86. The van der Waals surface area contributed by atoms with Crippen molar-refractivity contribution in [1.82, 2.24) is 5.32 Å². The summed E-state index contributed by atoms with van der Waals surface area (Å²) in [5, 5.41) is 3.86. The Kier molecular flexibility index (Phi) is 2.96. The van der Waals surface area contributed by atoms with E-state index in [4.69, 9.17) is 0 Å². The number of aryl methyl sites for hydroxylation is 1. The van der Waals surface area contributed by atoms with Crippen molar-refractivity contribution in [2.75, 3.05) is 6.54 Å². The summed E-state index contributed by atoms with van der Waals surface area (Å²) in [6, 6.07) is 9.12. The molecule has 0 saturated heterocycles. The molecule has 0 aromatic heterocycles. The van der Waals surface area contributed by atoms with Gasteiger partial charge in [-0.05, 0) is 49.3 Å². The van der Waals surface area contributed by atoms with E-state index in [1.807, 2.05) is 0 Å². The van der Waals surface area contributed by atoms with E-state index in [0.717, 1.165) is 12.5 Å². The Hall–Kier alpha value is -0.820. The highest BCUT2D eigenvalue weighted by molar-refractivity contribution is 5.37. The van der Waals surface area contributed by atoms with Crippen LogP contribution in [0.5, 0.6) is 0 Å². The summed E-state index contributed by atoms with van der Waals surface area (Å²) in [5.74, 6) is 0.867. The van der Waals surface area contributed by atoms with Gasteiger partial charge in [-0.25, -0.2) is 0 Å². The smallest absolute Gasteiger partial charge is 0.0465 e. The van der Waals surface area contributed by atoms with Gasteiger partial charge in [-0.3, -0.25) is 0 Å². The minimum Gasteiger partial charge on any atom is -0.307 e. The first kappa shape index (κ1) is 11.3. The summed E-state index contributed by atoms with van der Waals surface area (Å²) in [6.07, 6.45) is 8.24. The lowest BCUT2D eigenvalue weighted by Gasteiger charge is -2.49. The molecule has 1 fully saturated rings. The standard InChI is InChI=1S/C16H23N/c1-2-17-16-12-6-5-8-14(16)11-10-13-7-3-4-9-15(13)16/h3-4,7,9,14,17H,2,5-6,8,10-12H2,1H3/t14-,16+/m0/s1. The lowest BCUT2D eigenvalue weighted by atomic mass is 9.62. The van der Waals surface area contributed by atoms with Gasteiger partial charge in [-0.2, -0.15) is 0 Å². The molecule has 2 aliphatic rings. The SMILES string of the molecule is CCN[C@]12CCCC[C@H]1CCc1ccccc12. The maximum atomic E-state index is 3.86. The number of hydrogen-bond acceptors (Lipinski definition) is 1. The molecule has 1 heteroatoms. The molecule has 92 valence electrons. The summed E-state index contributed by atoms with van der Waals surface area (Å²) in [6.45, 7) is 3.34. The molecular weight excluding hydrogens is 206 g/mol. The van der Waals surface area contributed by atoms with Crippen LogP contribution in [0.25, 0.3) is 0 Å². The van der Waals surface area contributed by atoms with Crippen LogP contribution in [0.3, 0.4) is 0 Å². The summed E-state index contributed by atoms with van der Waals surface area (Å²) in [5.41, 5.74) is 3.51. The van der Waals surface area contributed by atoms with Crippen molar-refractivity contribution in [3.05, 3.63) is 35.4 Å². The van der Waals surface area contributed by atoms with Gasteiger partial charge in [0.15, 0.2) is 0 Å². The number of fused-ring (bicyclic) bond motifs is 3. The zero-order valence-corrected chi connectivity index (χ0v) is 10.8. The summed E-state index contributed by atoms with van der Waals surface area (Å²) in [4.78, 5) is 0. The Balaban J connectivity index is 2.07. The van der Waals surface area contributed by atoms with Gasteiger partial charge >= 0.3 is 0 Å². The normalized spacial score (nSPS) is 31.7. The van der Waals surface area contributed by atoms with E-state index in [1.54, 1.807) is 11.1 Å². The predicted molar refractivity (Wildman–Crippen MR) is 72.1 cm³/mol. The van der Waals surface area contributed by atoms with Crippen LogP contribution in [-0.4, -0.2) is 6.54 Å². The monoisotopic (exact) mass is 229 g/mol. The fraction of sp³-hybridized carbons (Fsp3) is 0.625. The topological polar surface area (TPSA) is 12.0 Å². The molecule has 17 heavy (non-hydrogen) atoms. The fourth-order valence-electron chi connectivity index (χ4n) is 4.14. The highest BCUT2D eigenvalue weighted by atomic mass is 15.0. The zero-order valence-electron chi connectivity index (χ0n) is 10.8. The number of benzene rings is 1. The molecule has 0 unspecified atom stereocenters. The largest absolute Gasteiger partial charge is 0.307 e. The van der Waals surface area contributed by atoms with Gasteiger partial charge in [0, 0.05) is 5.54 Å².